The summed E-state index contributed by atoms with van der Waals surface area (Å²) in [6.07, 6.45) is 0.203. The minimum Gasteiger partial charge on any atom is -0.468 e. The molecule has 0 aliphatic rings. The molecule has 0 rings (SSSR count). The van der Waals surface area contributed by atoms with Crippen molar-refractivity contribution in [2.45, 2.75) is 32.9 Å². The Hall–Kier alpha value is -0.650. The molecule has 0 amide bonds. The highest BCUT2D eigenvalue weighted by Crippen LogP contribution is 1.92. The molecule has 0 aromatic rings. The van der Waals surface area contributed by atoms with E-state index in [2.05, 4.69) is 10.1 Å². The molecule has 0 bridgehead atoms. The predicted molar refractivity (Wildman–Crippen MR) is 61.4 cm³/mol. The first-order valence-electron chi connectivity index (χ1n) is 5.62. The number of esters is 1. The van der Waals surface area contributed by atoms with Crippen LogP contribution in [0, 0.1) is 0 Å². The number of hydrogen-bond donors (Lipinski definition) is 1. The van der Waals surface area contributed by atoms with Crippen molar-refractivity contribution < 1.29 is 19.0 Å². The highest BCUT2D eigenvalue weighted by Gasteiger charge is 2.17. The van der Waals surface area contributed by atoms with Crippen molar-refractivity contribution in [3.05, 3.63) is 0 Å². The summed E-state index contributed by atoms with van der Waals surface area (Å²) in [4.78, 5) is 11.3. The fourth-order valence-electron chi connectivity index (χ4n) is 1.14. The first-order chi connectivity index (χ1) is 7.61. The molecule has 0 spiro atoms. The fourth-order valence-corrected chi connectivity index (χ4v) is 1.14. The van der Waals surface area contributed by atoms with Gasteiger partial charge in [0.1, 0.15) is 6.04 Å². The summed E-state index contributed by atoms with van der Waals surface area (Å²) >= 11 is 0. The first kappa shape index (κ1) is 15.3. The Morgan fingerprint density at radius 3 is 2.50 bits per heavy atom. The van der Waals surface area contributed by atoms with Crippen LogP contribution in [-0.2, 0) is 19.0 Å². The van der Waals surface area contributed by atoms with Gasteiger partial charge >= 0.3 is 5.97 Å². The summed E-state index contributed by atoms with van der Waals surface area (Å²) in [5, 5.41) is 2.99. The van der Waals surface area contributed by atoms with Crippen LogP contribution < -0.4 is 5.32 Å². The van der Waals surface area contributed by atoms with Crippen LogP contribution >= 0.6 is 0 Å². The van der Waals surface area contributed by atoms with Gasteiger partial charge in [-0.25, -0.2) is 0 Å². The fraction of sp³-hybridized carbons (Fsp3) is 0.909. The molecular weight excluding hydrogens is 210 g/mol. The number of carbonyl (C=O) groups excluding carboxylic acids is 1. The molecule has 0 radical (unpaired) electrons. The van der Waals surface area contributed by atoms with Crippen LogP contribution in [0.15, 0.2) is 0 Å². The maximum Gasteiger partial charge on any atom is 0.325 e. The van der Waals surface area contributed by atoms with Crippen LogP contribution in [0.3, 0.4) is 0 Å². The molecule has 0 aliphatic heterocycles. The Bertz CT molecular complexity index is 185. The summed E-state index contributed by atoms with van der Waals surface area (Å²) in [6.45, 7) is 7.89. The molecule has 0 fully saturated rings. The number of rotatable bonds is 9. The average Bonchev–Trinajstić information content (AvgIpc) is 2.25. The maximum absolute atomic E-state index is 11.3. The Kier molecular flexibility index (Phi) is 9.18. The van der Waals surface area contributed by atoms with Crippen molar-refractivity contribution in [3.63, 3.8) is 0 Å². The SMILES string of the molecule is CCNC(COCCOC(C)C)C(=O)OC. The Morgan fingerprint density at radius 2 is 2.00 bits per heavy atom. The standard InChI is InChI=1S/C11H23NO4/c1-5-12-10(11(13)14-4)8-15-6-7-16-9(2)3/h9-10,12H,5-8H2,1-4H3. The van der Waals surface area contributed by atoms with E-state index in [1.165, 1.54) is 7.11 Å². The highest BCUT2D eigenvalue weighted by atomic mass is 16.5. The lowest BCUT2D eigenvalue weighted by molar-refractivity contribution is -0.145. The summed E-state index contributed by atoms with van der Waals surface area (Å²) in [7, 11) is 1.37. The van der Waals surface area contributed by atoms with Crippen LogP contribution in [0.4, 0.5) is 0 Å². The van der Waals surface area contributed by atoms with Gasteiger partial charge in [0.15, 0.2) is 0 Å². The Morgan fingerprint density at radius 1 is 1.31 bits per heavy atom. The van der Waals surface area contributed by atoms with Gasteiger partial charge in [-0.1, -0.05) is 6.92 Å². The molecule has 5 nitrogen and oxygen atoms in total. The normalized spacial score (nSPS) is 12.8. The third-order valence-electron chi connectivity index (χ3n) is 1.90. The smallest absolute Gasteiger partial charge is 0.325 e. The van der Waals surface area contributed by atoms with E-state index < -0.39 is 6.04 Å². The third kappa shape index (κ3) is 7.62. The Labute approximate surface area is 97.4 Å². The summed E-state index contributed by atoms with van der Waals surface area (Å²) < 4.78 is 15.3. The number of likely N-dealkylation sites (N-methyl/N-ethyl adjacent to an activating group) is 1. The van der Waals surface area contributed by atoms with E-state index in [1.54, 1.807) is 0 Å². The van der Waals surface area contributed by atoms with Gasteiger partial charge in [0, 0.05) is 0 Å². The first-order valence-corrected chi connectivity index (χ1v) is 5.62. The number of nitrogens with one attached hydrogen (secondary N) is 1. The van der Waals surface area contributed by atoms with Crippen LogP contribution in [0.5, 0.6) is 0 Å². The lowest BCUT2D eigenvalue weighted by atomic mass is 10.3. The summed E-state index contributed by atoms with van der Waals surface area (Å²) in [5.41, 5.74) is 0. The van der Waals surface area contributed by atoms with Gasteiger partial charge in [-0.15, -0.1) is 0 Å². The second-order valence-corrected chi connectivity index (χ2v) is 3.63. The van der Waals surface area contributed by atoms with E-state index in [0.29, 0.717) is 26.4 Å². The highest BCUT2D eigenvalue weighted by molar-refractivity contribution is 5.75. The van der Waals surface area contributed by atoms with Crippen LogP contribution in [0.1, 0.15) is 20.8 Å². The van der Waals surface area contributed by atoms with Crippen molar-refractivity contribution >= 4 is 5.97 Å². The van der Waals surface area contributed by atoms with Gasteiger partial charge in [-0.2, -0.15) is 0 Å². The van der Waals surface area contributed by atoms with E-state index >= 15 is 0 Å². The van der Waals surface area contributed by atoms with Gasteiger partial charge < -0.3 is 19.5 Å². The van der Waals surface area contributed by atoms with E-state index in [9.17, 15) is 4.79 Å². The predicted octanol–water partition coefficient (Wildman–Crippen LogP) is 0.579. The van der Waals surface area contributed by atoms with Gasteiger partial charge in [0.25, 0.3) is 0 Å². The van der Waals surface area contributed by atoms with Crippen LogP contribution in [0.2, 0.25) is 0 Å². The molecule has 96 valence electrons. The quantitative estimate of drug-likeness (QED) is 0.466. The average molecular weight is 233 g/mol. The molecule has 16 heavy (non-hydrogen) atoms. The molecule has 0 heterocycles. The van der Waals surface area contributed by atoms with Crippen molar-refractivity contribution in [2.75, 3.05) is 33.5 Å². The zero-order chi connectivity index (χ0) is 12.4. The zero-order valence-electron chi connectivity index (χ0n) is 10.6. The van der Waals surface area contributed by atoms with Crippen molar-refractivity contribution in [1.82, 2.24) is 5.32 Å². The van der Waals surface area contributed by atoms with E-state index in [-0.39, 0.29) is 12.1 Å². The molecule has 0 aliphatic carbocycles. The summed E-state index contributed by atoms with van der Waals surface area (Å²) in [6, 6.07) is -0.394. The van der Waals surface area contributed by atoms with Gasteiger partial charge in [0.05, 0.1) is 33.0 Å². The molecule has 1 unspecified atom stereocenters. The molecule has 0 saturated heterocycles. The van der Waals surface area contributed by atoms with Gasteiger partial charge in [-0.05, 0) is 20.4 Å². The van der Waals surface area contributed by atoms with E-state index in [0.717, 1.165) is 0 Å². The minimum absolute atomic E-state index is 0.203. The van der Waals surface area contributed by atoms with Crippen molar-refractivity contribution in [1.29, 1.82) is 0 Å². The van der Waals surface area contributed by atoms with E-state index in [4.69, 9.17) is 9.47 Å². The number of hydrogen-bond acceptors (Lipinski definition) is 5. The minimum atomic E-state index is -0.394. The second kappa shape index (κ2) is 9.57. The molecule has 0 saturated carbocycles. The number of ether oxygens (including phenoxy) is 3. The molecular formula is C11H23NO4. The maximum atomic E-state index is 11.3. The lowest BCUT2D eigenvalue weighted by Gasteiger charge is -2.15. The van der Waals surface area contributed by atoms with Crippen LogP contribution in [-0.4, -0.2) is 51.6 Å². The number of carbonyl (C=O) groups is 1. The van der Waals surface area contributed by atoms with Gasteiger partial charge in [0.2, 0.25) is 0 Å². The second-order valence-electron chi connectivity index (χ2n) is 3.63. The molecule has 1 atom stereocenters. The van der Waals surface area contributed by atoms with Crippen LogP contribution in [0.25, 0.3) is 0 Å². The largest absolute Gasteiger partial charge is 0.468 e. The monoisotopic (exact) mass is 233 g/mol. The molecule has 1 N–H and O–H groups in total. The Balaban J connectivity index is 3.64. The van der Waals surface area contributed by atoms with Crippen molar-refractivity contribution in [2.24, 2.45) is 0 Å². The molecule has 0 aromatic heterocycles. The molecule has 0 aromatic carbocycles. The van der Waals surface area contributed by atoms with E-state index in [1.807, 2.05) is 20.8 Å². The summed E-state index contributed by atoms with van der Waals surface area (Å²) in [5.74, 6) is -0.299. The topological polar surface area (TPSA) is 56.8 Å². The van der Waals surface area contributed by atoms with Crippen molar-refractivity contribution in [3.8, 4) is 0 Å². The molecule has 5 heteroatoms. The zero-order valence-corrected chi connectivity index (χ0v) is 10.6. The number of methoxy groups -OCH3 is 1. The lowest BCUT2D eigenvalue weighted by Crippen LogP contribution is -2.41. The van der Waals surface area contributed by atoms with Gasteiger partial charge in [-0.3, -0.25) is 4.79 Å². The third-order valence-corrected chi connectivity index (χ3v) is 1.90.